The standard InChI is InChI=1S/C61H63N/c1-56(2,3)39-17-14-37(15-18-39)38-16-22-46-47-24-20-42(33-52(47)61(51(46)30-38)54-29-36-28-40-31-55(61)60(40,54)35-36)62(43-21-25-49-53(34-43)58(6,7)27-26-57(49,4)5)41-19-23-45-44-12-10-11-13-48(44)59(8,9)50(45)32-41/h10-25,30,32-34,36,40,54-55H,26-29,31,35H2,1-9H3. The van der Waals surface area contributed by atoms with E-state index in [1.807, 2.05) is 0 Å². The van der Waals surface area contributed by atoms with E-state index in [0.717, 1.165) is 23.7 Å². The van der Waals surface area contributed by atoms with E-state index in [-0.39, 0.29) is 27.1 Å². The summed E-state index contributed by atoms with van der Waals surface area (Å²) in [4.78, 5) is 2.65. The summed E-state index contributed by atoms with van der Waals surface area (Å²) >= 11 is 0. The summed E-state index contributed by atoms with van der Waals surface area (Å²) < 4.78 is 0. The largest absolute Gasteiger partial charge is 0.310 e. The van der Waals surface area contributed by atoms with Crippen LogP contribution in [0.25, 0.3) is 33.4 Å². The topological polar surface area (TPSA) is 3.24 Å². The Morgan fingerprint density at radius 1 is 0.484 bits per heavy atom. The Bertz CT molecular complexity index is 2910. The molecule has 312 valence electrons. The van der Waals surface area contributed by atoms with E-state index in [2.05, 4.69) is 189 Å². The van der Waals surface area contributed by atoms with Crippen LogP contribution in [0.2, 0.25) is 0 Å². The summed E-state index contributed by atoms with van der Waals surface area (Å²) in [5.74, 6) is 3.34. The fourth-order valence-electron chi connectivity index (χ4n) is 15.8. The van der Waals surface area contributed by atoms with Gasteiger partial charge in [-0.15, -0.1) is 0 Å². The maximum atomic E-state index is 2.71. The van der Waals surface area contributed by atoms with Crippen molar-refractivity contribution < 1.29 is 0 Å². The monoisotopic (exact) mass is 809 g/mol. The second kappa shape index (κ2) is 11.8. The summed E-state index contributed by atoms with van der Waals surface area (Å²) in [5, 5.41) is 0. The molecular formula is C61H63N. The molecule has 7 aliphatic carbocycles. The highest BCUT2D eigenvalue weighted by atomic mass is 15.1. The molecule has 0 heterocycles. The van der Waals surface area contributed by atoms with Crippen molar-refractivity contribution in [2.75, 3.05) is 4.90 Å². The van der Waals surface area contributed by atoms with Crippen LogP contribution in [0.3, 0.4) is 0 Å². The van der Waals surface area contributed by atoms with Crippen molar-refractivity contribution in [3.8, 4) is 33.4 Å². The molecule has 0 aromatic heterocycles. The van der Waals surface area contributed by atoms with Gasteiger partial charge in [-0.3, -0.25) is 0 Å². The number of benzene rings is 6. The van der Waals surface area contributed by atoms with Gasteiger partial charge >= 0.3 is 0 Å². The van der Waals surface area contributed by atoms with Gasteiger partial charge in [0.1, 0.15) is 0 Å². The number of fused-ring (bicyclic) bond motifs is 12. The van der Waals surface area contributed by atoms with Crippen LogP contribution in [0.15, 0.2) is 121 Å². The summed E-state index contributed by atoms with van der Waals surface area (Å²) in [6.07, 6.45) is 8.20. The normalized spacial score (nSPS) is 28.9. The van der Waals surface area contributed by atoms with Crippen molar-refractivity contribution in [2.45, 2.75) is 128 Å². The molecule has 6 unspecified atom stereocenters. The highest BCUT2D eigenvalue weighted by molar-refractivity contribution is 5.90. The van der Waals surface area contributed by atoms with Crippen molar-refractivity contribution in [1.29, 1.82) is 0 Å². The van der Waals surface area contributed by atoms with Gasteiger partial charge in [0, 0.05) is 27.9 Å². The van der Waals surface area contributed by atoms with Crippen molar-refractivity contribution in [2.24, 2.45) is 29.1 Å². The van der Waals surface area contributed by atoms with Gasteiger partial charge in [-0.2, -0.15) is 0 Å². The molecule has 2 bridgehead atoms. The van der Waals surface area contributed by atoms with Gasteiger partial charge in [0.2, 0.25) is 0 Å². The first-order valence-electron chi connectivity index (χ1n) is 24.1. The third-order valence-corrected chi connectivity index (χ3v) is 19.0. The van der Waals surface area contributed by atoms with E-state index in [9.17, 15) is 0 Å². The third kappa shape index (κ3) is 4.56. The number of hydrogen-bond acceptors (Lipinski definition) is 1. The lowest BCUT2D eigenvalue weighted by molar-refractivity contribution is -0.231. The van der Waals surface area contributed by atoms with Crippen LogP contribution in [0.5, 0.6) is 0 Å². The summed E-state index contributed by atoms with van der Waals surface area (Å²) in [7, 11) is 0. The quantitative estimate of drug-likeness (QED) is 0.171. The summed E-state index contributed by atoms with van der Waals surface area (Å²) in [6, 6.07) is 48.8. The number of anilines is 3. The average molecular weight is 810 g/mol. The fourth-order valence-corrected chi connectivity index (χ4v) is 15.8. The predicted molar refractivity (Wildman–Crippen MR) is 259 cm³/mol. The lowest BCUT2D eigenvalue weighted by Gasteiger charge is -2.76. The molecule has 4 fully saturated rings. The SMILES string of the molecule is CC(C)(C)c1ccc(-c2ccc3c(c2)C2(c4cc(N(c5ccc6c(c5)C(C)(C)CCC6(C)C)c5ccc6c(c5)C(C)(C)c5ccccc5-6)ccc4-3)C3CC4CC5CC2C53C4)cc1. The van der Waals surface area contributed by atoms with E-state index < -0.39 is 0 Å². The minimum absolute atomic E-state index is 0.0767. The van der Waals surface area contributed by atoms with Gasteiger partial charge in [-0.1, -0.05) is 141 Å². The van der Waals surface area contributed by atoms with Crippen LogP contribution in [0.4, 0.5) is 17.1 Å². The average Bonchev–Trinajstić information content (AvgIpc) is 3.94. The van der Waals surface area contributed by atoms with Crippen LogP contribution in [0.1, 0.15) is 140 Å². The zero-order chi connectivity index (χ0) is 42.5. The van der Waals surface area contributed by atoms with Crippen molar-refractivity contribution >= 4 is 17.1 Å². The Morgan fingerprint density at radius 3 is 1.73 bits per heavy atom. The Hall–Kier alpha value is -4.88. The maximum absolute atomic E-state index is 2.71. The van der Waals surface area contributed by atoms with Gasteiger partial charge in [0.05, 0.1) is 0 Å². The van der Waals surface area contributed by atoms with Crippen LogP contribution >= 0.6 is 0 Å². The first kappa shape index (κ1) is 37.7. The first-order chi connectivity index (χ1) is 29.5. The molecule has 0 saturated heterocycles. The second-order valence-electron chi connectivity index (χ2n) is 24.1. The Balaban J connectivity index is 1.01. The number of rotatable bonds is 4. The van der Waals surface area contributed by atoms with Crippen molar-refractivity contribution in [3.05, 3.63) is 160 Å². The molecule has 0 radical (unpaired) electrons. The molecule has 0 N–H and O–H groups in total. The van der Waals surface area contributed by atoms with Gasteiger partial charge in [-0.25, -0.2) is 0 Å². The van der Waals surface area contributed by atoms with E-state index in [4.69, 9.17) is 0 Å². The summed E-state index contributed by atoms with van der Waals surface area (Å²) in [5.41, 5.74) is 23.8. The molecule has 1 nitrogen and oxygen atoms in total. The minimum Gasteiger partial charge on any atom is -0.310 e. The molecule has 0 amide bonds. The molecule has 2 spiro atoms. The highest BCUT2D eigenvalue weighted by Gasteiger charge is 2.84. The van der Waals surface area contributed by atoms with Gasteiger partial charge in [0.25, 0.3) is 0 Å². The number of hydrogen-bond donors (Lipinski definition) is 0. The zero-order valence-corrected chi connectivity index (χ0v) is 38.5. The van der Waals surface area contributed by atoms with Gasteiger partial charge in [0.15, 0.2) is 0 Å². The third-order valence-electron chi connectivity index (χ3n) is 19.0. The maximum Gasteiger partial charge on any atom is 0.0465 e. The molecular weight excluding hydrogens is 747 g/mol. The molecule has 62 heavy (non-hydrogen) atoms. The molecule has 7 aliphatic rings. The minimum atomic E-state index is -0.0767. The van der Waals surface area contributed by atoms with Gasteiger partial charge in [-0.05, 0) is 199 Å². The molecule has 6 aromatic carbocycles. The summed E-state index contributed by atoms with van der Waals surface area (Å²) in [6.45, 7) is 21.7. The van der Waals surface area contributed by atoms with E-state index in [1.165, 1.54) is 117 Å². The van der Waals surface area contributed by atoms with Crippen LogP contribution in [-0.4, -0.2) is 0 Å². The van der Waals surface area contributed by atoms with Crippen LogP contribution < -0.4 is 4.90 Å². The van der Waals surface area contributed by atoms with Crippen molar-refractivity contribution in [3.63, 3.8) is 0 Å². The molecule has 6 aromatic rings. The van der Waals surface area contributed by atoms with Crippen LogP contribution in [-0.2, 0) is 27.1 Å². The molecule has 0 aliphatic heterocycles. The van der Waals surface area contributed by atoms with E-state index >= 15 is 0 Å². The molecule has 4 saturated carbocycles. The highest BCUT2D eigenvalue weighted by Crippen LogP contribution is 2.89. The smallest absolute Gasteiger partial charge is 0.0465 e. The zero-order valence-electron chi connectivity index (χ0n) is 38.5. The Morgan fingerprint density at radius 2 is 1.03 bits per heavy atom. The molecule has 13 rings (SSSR count). The van der Waals surface area contributed by atoms with Crippen molar-refractivity contribution in [1.82, 2.24) is 0 Å². The first-order valence-corrected chi connectivity index (χ1v) is 24.1. The predicted octanol–water partition coefficient (Wildman–Crippen LogP) is 16.1. The fraction of sp³-hybridized carbons (Fsp3) is 0.410. The number of nitrogens with zero attached hydrogens (tertiary/aromatic N) is 1. The second-order valence-corrected chi connectivity index (χ2v) is 24.1. The molecule has 6 atom stereocenters. The Labute approximate surface area is 371 Å². The van der Waals surface area contributed by atoms with E-state index in [1.54, 1.807) is 11.1 Å². The lowest BCUT2D eigenvalue weighted by Crippen LogP contribution is -2.73. The molecule has 1 heteroatoms. The van der Waals surface area contributed by atoms with Gasteiger partial charge < -0.3 is 4.90 Å². The van der Waals surface area contributed by atoms with E-state index in [0.29, 0.717) is 5.41 Å². The van der Waals surface area contributed by atoms with Crippen LogP contribution in [0, 0.1) is 29.1 Å². The Kier molecular flexibility index (Phi) is 7.18. The lowest BCUT2D eigenvalue weighted by atomic mass is 9.27.